The quantitative estimate of drug-likeness (QED) is 0.573. The highest BCUT2D eigenvalue weighted by molar-refractivity contribution is 7.99. The number of benzene rings is 1. The van der Waals surface area contributed by atoms with Gasteiger partial charge < -0.3 is 0 Å². The summed E-state index contributed by atoms with van der Waals surface area (Å²) < 4.78 is 1.30. The van der Waals surface area contributed by atoms with Crippen molar-refractivity contribution in [1.82, 2.24) is 4.98 Å². The molecular weight excluding hydrogens is 222 g/mol. The Kier molecular flexibility index (Phi) is 3.65. The number of nitrogens with zero attached hydrogens (tertiary/aromatic N) is 1. The number of thiazole rings is 1. The molecule has 80 valence electrons. The van der Waals surface area contributed by atoms with Crippen LogP contribution in [0.5, 0.6) is 0 Å². The largest absolute Gasteiger partial charge is 0.245 e. The second kappa shape index (κ2) is 4.99. The molecule has 15 heavy (non-hydrogen) atoms. The van der Waals surface area contributed by atoms with Crippen LogP contribution in [0.2, 0.25) is 0 Å². The van der Waals surface area contributed by atoms with Crippen molar-refractivity contribution in [2.45, 2.75) is 31.6 Å². The van der Waals surface area contributed by atoms with Gasteiger partial charge in [0.1, 0.15) is 0 Å². The van der Waals surface area contributed by atoms with Gasteiger partial charge in [-0.2, -0.15) is 0 Å². The molecule has 0 spiro atoms. The van der Waals surface area contributed by atoms with E-state index < -0.39 is 0 Å². The van der Waals surface area contributed by atoms with E-state index in [4.69, 9.17) is 0 Å². The van der Waals surface area contributed by atoms with Crippen LogP contribution >= 0.6 is 23.1 Å². The van der Waals surface area contributed by atoms with Crippen molar-refractivity contribution in [1.29, 1.82) is 0 Å². The number of unbranched alkanes of at least 4 members (excludes halogenated alkanes) is 1. The van der Waals surface area contributed by atoms with Crippen LogP contribution < -0.4 is 0 Å². The number of hydrogen-bond acceptors (Lipinski definition) is 3. The van der Waals surface area contributed by atoms with Gasteiger partial charge in [-0.1, -0.05) is 13.3 Å². The van der Waals surface area contributed by atoms with Crippen LogP contribution in [0.1, 0.15) is 25.3 Å². The molecule has 0 bridgehead atoms. The summed E-state index contributed by atoms with van der Waals surface area (Å²) in [6, 6.07) is 4.47. The lowest BCUT2D eigenvalue weighted by molar-refractivity contribution is 0.896. The molecule has 0 amide bonds. The first-order valence-electron chi connectivity index (χ1n) is 5.28. The van der Waals surface area contributed by atoms with E-state index >= 15 is 0 Å². The molecule has 2 rings (SSSR count). The smallest absolute Gasteiger partial charge is 0.0823 e. The van der Waals surface area contributed by atoms with Crippen LogP contribution in [0, 0.1) is 6.92 Å². The van der Waals surface area contributed by atoms with Crippen molar-refractivity contribution in [2.24, 2.45) is 0 Å². The van der Waals surface area contributed by atoms with E-state index in [1.54, 1.807) is 11.3 Å². The first-order chi connectivity index (χ1) is 7.31. The predicted molar refractivity (Wildman–Crippen MR) is 70.0 cm³/mol. The van der Waals surface area contributed by atoms with Crippen molar-refractivity contribution < 1.29 is 0 Å². The van der Waals surface area contributed by atoms with Gasteiger partial charge in [0.2, 0.25) is 0 Å². The van der Waals surface area contributed by atoms with Gasteiger partial charge in [0.25, 0.3) is 0 Å². The standard InChI is InChI=1S/C12H15NS2/c1-3-4-5-14-11-7-10-12(6-9(11)2)15-8-13-10/h6-8H,3-5H2,1-2H3. The minimum Gasteiger partial charge on any atom is -0.245 e. The van der Waals surface area contributed by atoms with E-state index in [1.807, 2.05) is 17.3 Å². The number of rotatable bonds is 4. The Bertz CT molecular complexity index is 448. The van der Waals surface area contributed by atoms with E-state index in [1.165, 1.54) is 33.8 Å². The maximum Gasteiger partial charge on any atom is 0.0823 e. The van der Waals surface area contributed by atoms with Crippen LogP contribution in [0.3, 0.4) is 0 Å². The first kappa shape index (κ1) is 11.0. The summed E-state index contributed by atoms with van der Waals surface area (Å²) in [4.78, 5) is 5.74. The van der Waals surface area contributed by atoms with Gasteiger partial charge >= 0.3 is 0 Å². The highest BCUT2D eigenvalue weighted by Gasteiger charge is 2.03. The normalized spacial score (nSPS) is 11.1. The molecule has 2 aromatic rings. The lowest BCUT2D eigenvalue weighted by Crippen LogP contribution is -1.83. The van der Waals surface area contributed by atoms with Gasteiger partial charge in [0.15, 0.2) is 0 Å². The summed E-state index contributed by atoms with van der Waals surface area (Å²) in [5.41, 5.74) is 4.45. The molecule has 0 saturated carbocycles. The van der Waals surface area contributed by atoms with Crippen LogP contribution in [-0.2, 0) is 0 Å². The molecule has 3 heteroatoms. The number of hydrogen-bond donors (Lipinski definition) is 0. The average molecular weight is 237 g/mol. The van der Waals surface area contributed by atoms with E-state index in [-0.39, 0.29) is 0 Å². The van der Waals surface area contributed by atoms with Gasteiger partial charge in [-0.05, 0) is 36.8 Å². The van der Waals surface area contributed by atoms with Crippen molar-refractivity contribution in [3.8, 4) is 0 Å². The Labute approximate surface area is 98.9 Å². The molecule has 0 N–H and O–H groups in total. The van der Waals surface area contributed by atoms with Crippen molar-refractivity contribution >= 4 is 33.3 Å². The summed E-state index contributed by atoms with van der Waals surface area (Å²) in [5.74, 6) is 1.22. The van der Waals surface area contributed by atoms with Gasteiger partial charge in [-0.15, -0.1) is 23.1 Å². The van der Waals surface area contributed by atoms with E-state index in [0.717, 1.165) is 5.52 Å². The second-order valence-electron chi connectivity index (χ2n) is 3.64. The molecule has 0 unspecified atom stereocenters. The monoisotopic (exact) mass is 237 g/mol. The first-order valence-corrected chi connectivity index (χ1v) is 7.14. The summed E-state index contributed by atoms with van der Waals surface area (Å²) >= 11 is 3.67. The Hall–Kier alpha value is -0.540. The molecule has 0 aliphatic heterocycles. The third-order valence-corrected chi connectivity index (χ3v) is 4.42. The summed E-state index contributed by atoms with van der Waals surface area (Å²) in [6.07, 6.45) is 2.56. The van der Waals surface area contributed by atoms with Gasteiger partial charge in [-0.3, -0.25) is 0 Å². The topological polar surface area (TPSA) is 12.9 Å². The lowest BCUT2D eigenvalue weighted by Gasteiger charge is -2.04. The third kappa shape index (κ3) is 2.52. The Morgan fingerprint density at radius 1 is 1.40 bits per heavy atom. The zero-order valence-corrected chi connectivity index (χ0v) is 10.8. The maximum absolute atomic E-state index is 4.35. The van der Waals surface area contributed by atoms with Crippen LogP contribution in [0.25, 0.3) is 10.2 Å². The van der Waals surface area contributed by atoms with Gasteiger partial charge in [-0.25, -0.2) is 4.98 Å². The van der Waals surface area contributed by atoms with Crippen LogP contribution in [0.15, 0.2) is 22.5 Å². The van der Waals surface area contributed by atoms with Gasteiger partial charge in [0, 0.05) is 4.90 Å². The molecular formula is C12H15NS2. The van der Waals surface area contributed by atoms with Crippen molar-refractivity contribution in [3.05, 3.63) is 23.2 Å². The summed E-state index contributed by atoms with van der Waals surface area (Å²) in [6.45, 7) is 4.42. The molecule has 0 saturated heterocycles. The Balaban J connectivity index is 2.22. The minimum atomic E-state index is 1.14. The zero-order valence-electron chi connectivity index (χ0n) is 9.12. The zero-order chi connectivity index (χ0) is 10.7. The highest BCUT2D eigenvalue weighted by Crippen LogP contribution is 2.29. The van der Waals surface area contributed by atoms with Crippen LogP contribution in [0.4, 0.5) is 0 Å². The molecule has 1 heterocycles. The summed E-state index contributed by atoms with van der Waals surface area (Å²) in [7, 11) is 0. The number of aryl methyl sites for hydroxylation is 1. The summed E-state index contributed by atoms with van der Waals surface area (Å²) in [5, 5.41) is 0. The Morgan fingerprint density at radius 3 is 3.07 bits per heavy atom. The molecule has 1 aromatic carbocycles. The van der Waals surface area contributed by atoms with Crippen molar-refractivity contribution in [3.63, 3.8) is 0 Å². The highest BCUT2D eigenvalue weighted by atomic mass is 32.2. The van der Waals surface area contributed by atoms with E-state index in [9.17, 15) is 0 Å². The van der Waals surface area contributed by atoms with Gasteiger partial charge in [0.05, 0.1) is 15.7 Å². The third-order valence-electron chi connectivity index (χ3n) is 2.38. The fraction of sp³-hybridized carbons (Fsp3) is 0.417. The Morgan fingerprint density at radius 2 is 2.27 bits per heavy atom. The fourth-order valence-electron chi connectivity index (χ4n) is 1.47. The second-order valence-corrected chi connectivity index (χ2v) is 5.66. The van der Waals surface area contributed by atoms with Crippen LogP contribution in [-0.4, -0.2) is 10.7 Å². The SMILES string of the molecule is CCCCSc1cc2ncsc2cc1C. The fourth-order valence-corrected chi connectivity index (χ4v) is 3.36. The molecule has 0 atom stereocenters. The van der Waals surface area contributed by atoms with E-state index in [2.05, 4.69) is 31.0 Å². The number of fused-ring (bicyclic) bond motifs is 1. The van der Waals surface area contributed by atoms with E-state index in [0.29, 0.717) is 0 Å². The lowest BCUT2D eigenvalue weighted by atomic mass is 10.2. The predicted octanol–water partition coefficient (Wildman–Crippen LogP) is 4.50. The maximum atomic E-state index is 4.35. The average Bonchev–Trinajstić information content (AvgIpc) is 2.65. The minimum absolute atomic E-state index is 1.14. The molecule has 1 nitrogen and oxygen atoms in total. The molecule has 0 radical (unpaired) electrons. The number of aromatic nitrogens is 1. The number of thioether (sulfide) groups is 1. The molecule has 1 aromatic heterocycles. The molecule has 0 aliphatic carbocycles. The molecule has 0 fully saturated rings. The molecule has 0 aliphatic rings. The van der Waals surface area contributed by atoms with Crippen molar-refractivity contribution in [2.75, 3.05) is 5.75 Å².